The Morgan fingerprint density at radius 3 is 2.68 bits per heavy atom. The number of nitrogens with zero attached hydrogens (tertiary/aromatic N) is 2. The van der Waals surface area contributed by atoms with Gasteiger partial charge in [0.25, 0.3) is 5.56 Å². The van der Waals surface area contributed by atoms with E-state index in [1.165, 1.54) is 12.2 Å². The number of ketones is 1. The number of nitrogens with one attached hydrogen (secondary N) is 1. The number of aromatic hydroxyl groups is 1. The largest absolute Gasteiger partial charge is 0.494 e. The molecule has 0 aliphatic heterocycles. The second kappa shape index (κ2) is 6.49. The quantitative estimate of drug-likeness (QED) is 0.481. The average Bonchev–Trinajstić information content (AvgIpc) is 2.50. The third-order valence-electron chi connectivity index (χ3n) is 2.86. The predicted molar refractivity (Wildman–Crippen MR) is 80.8 cm³/mol. The van der Waals surface area contributed by atoms with Gasteiger partial charge in [-0.1, -0.05) is 12.2 Å². The van der Waals surface area contributed by atoms with E-state index in [0.717, 1.165) is 10.6 Å². The summed E-state index contributed by atoms with van der Waals surface area (Å²) in [6.07, 6.45) is 7.09. The summed E-state index contributed by atoms with van der Waals surface area (Å²) in [5.74, 6) is -1.40. The van der Waals surface area contributed by atoms with Crippen LogP contribution in [0.2, 0.25) is 0 Å². The third kappa shape index (κ3) is 3.09. The highest BCUT2D eigenvalue weighted by molar-refractivity contribution is 6.07. The molecule has 0 aromatic carbocycles. The Bertz CT molecular complexity index is 847. The molecule has 2 heterocycles. The topological polar surface area (TPSA) is 105 Å². The third-order valence-corrected chi connectivity index (χ3v) is 2.86. The lowest BCUT2D eigenvalue weighted by Gasteiger charge is -2.07. The van der Waals surface area contributed by atoms with E-state index in [2.05, 4.69) is 11.6 Å². The fourth-order valence-electron chi connectivity index (χ4n) is 1.81. The molecule has 2 aromatic rings. The summed E-state index contributed by atoms with van der Waals surface area (Å²) < 4.78 is 0.849. The molecule has 22 heavy (non-hydrogen) atoms. The van der Waals surface area contributed by atoms with Crippen molar-refractivity contribution in [3.8, 4) is 5.88 Å². The van der Waals surface area contributed by atoms with Gasteiger partial charge in [0, 0.05) is 18.9 Å². The lowest BCUT2D eigenvalue weighted by atomic mass is 10.1. The van der Waals surface area contributed by atoms with Crippen LogP contribution in [0.4, 0.5) is 0 Å². The first-order valence-electron chi connectivity index (χ1n) is 6.34. The van der Waals surface area contributed by atoms with Gasteiger partial charge >= 0.3 is 5.69 Å². The summed E-state index contributed by atoms with van der Waals surface area (Å²) in [6.45, 7) is 3.41. The van der Waals surface area contributed by atoms with E-state index in [9.17, 15) is 19.5 Å². The SMILES string of the molecule is C=CCn1c(O)c(C(=O)C=Cc2ccncc2)c(=O)[nH]c1=O. The van der Waals surface area contributed by atoms with Crippen LogP contribution in [0.5, 0.6) is 5.88 Å². The fourth-order valence-corrected chi connectivity index (χ4v) is 1.81. The van der Waals surface area contributed by atoms with Crippen LogP contribution in [0.25, 0.3) is 6.08 Å². The lowest BCUT2D eigenvalue weighted by Crippen LogP contribution is -2.33. The number of rotatable bonds is 5. The maximum atomic E-state index is 12.1. The zero-order chi connectivity index (χ0) is 16.1. The molecule has 0 fully saturated rings. The van der Waals surface area contributed by atoms with Crippen molar-refractivity contribution in [1.82, 2.24) is 14.5 Å². The van der Waals surface area contributed by atoms with Gasteiger partial charge in [-0.3, -0.25) is 24.1 Å². The number of hydrogen-bond donors (Lipinski definition) is 2. The Morgan fingerprint density at radius 1 is 1.36 bits per heavy atom. The van der Waals surface area contributed by atoms with Crippen molar-refractivity contribution >= 4 is 11.9 Å². The fraction of sp³-hybridized carbons (Fsp3) is 0.0667. The predicted octanol–water partition coefficient (Wildman–Crippen LogP) is 0.719. The summed E-state index contributed by atoms with van der Waals surface area (Å²) in [6, 6.07) is 3.35. The van der Waals surface area contributed by atoms with E-state index in [-0.39, 0.29) is 6.54 Å². The van der Waals surface area contributed by atoms with Crippen molar-refractivity contribution < 1.29 is 9.90 Å². The van der Waals surface area contributed by atoms with E-state index in [1.54, 1.807) is 24.5 Å². The van der Waals surface area contributed by atoms with Crippen LogP contribution < -0.4 is 11.2 Å². The molecule has 0 bridgehead atoms. The smallest absolute Gasteiger partial charge is 0.331 e. The molecular formula is C15H13N3O4. The Morgan fingerprint density at radius 2 is 2.05 bits per heavy atom. The molecule has 0 radical (unpaired) electrons. The monoisotopic (exact) mass is 299 g/mol. The van der Waals surface area contributed by atoms with E-state index in [1.807, 2.05) is 4.98 Å². The average molecular weight is 299 g/mol. The first-order valence-corrected chi connectivity index (χ1v) is 6.34. The lowest BCUT2D eigenvalue weighted by molar-refractivity contribution is 0.104. The summed E-state index contributed by atoms with van der Waals surface area (Å²) >= 11 is 0. The molecule has 0 aliphatic carbocycles. The van der Waals surface area contributed by atoms with Crippen LogP contribution in [-0.2, 0) is 6.54 Å². The second-order valence-electron chi connectivity index (χ2n) is 4.34. The molecule has 0 aliphatic rings. The maximum Gasteiger partial charge on any atom is 0.331 e. The molecule has 2 rings (SSSR count). The Hall–Kier alpha value is -3.22. The van der Waals surface area contributed by atoms with Gasteiger partial charge in [0.15, 0.2) is 5.78 Å². The first kappa shape index (κ1) is 15.2. The molecule has 2 aromatic heterocycles. The van der Waals surface area contributed by atoms with Gasteiger partial charge in [0.05, 0.1) is 0 Å². The van der Waals surface area contributed by atoms with Crippen molar-refractivity contribution in [2.24, 2.45) is 0 Å². The van der Waals surface area contributed by atoms with Gasteiger partial charge in [-0.2, -0.15) is 0 Å². The van der Waals surface area contributed by atoms with Crippen molar-refractivity contribution in [1.29, 1.82) is 0 Å². The van der Waals surface area contributed by atoms with E-state index in [4.69, 9.17) is 0 Å². The molecule has 0 spiro atoms. The number of pyridine rings is 1. The van der Waals surface area contributed by atoms with Crippen LogP contribution in [0.15, 0.2) is 52.8 Å². The Kier molecular flexibility index (Phi) is 4.47. The van der Waals surface area contributed by atoms with E-state index >= 15 is 0 Å². The van der Waals surface area contributed by atoms with Gasteiger partial charge in [0.2, 0.25) is 5.88 Å². The Labute approximate surface area is 124 Å². The molecule has 7 nitrogen and oxygen atoms in total. The minimum absolute atomic E-state index is 0.0319. The molecular weight excluding hydrogens is 286 g/mol. The highest BCUT2D eigenvalue weighted by Gasteiger charge is 2.18. The van der Waals surface area contributed by atoms with Gasteiger partial charge in [0.1, 0.15) is 5.56 Å². The molecule has 0 atom stereocenters. The maximum absolute atomic E-state index is 12.1. The van der Waals surface area contributed by atoms with Crippen LogP contribution in [0.3, 0.4) is 0 Å². The Balaban J connectivity index is 2.44. The van der Waals surface area contributed by atoms with Gasteiger partial charge < -0.3 is 5.11 Å². The van der Waals surface area contributed by atoms with Crippen LogP contribution in [-0.4, -0.2) is 25.4 Å². The van der Waals surface area contributed by atoms with Crippen molar-refractivity contribution in [3.63, 3.8) is 0 Å². The van der Waals surface area contributed by atoms with Crippen molar-refractivity contribution in [3.05, 3.63) is 75.2 Å². The van der Waals surface area contributed by atoms with Crippen LogP contribution in [0, 0.1) is 0 Å². The summed E-state index contributed by atoms with van der Waals surface area (Å²) in [4.78, 5) is 41.3. The number of aromatic nitrogens is 3. The zero-order valence-corrected chi connectivity index (χ0v) is 11.5. The van der Waals surface area contributed by atoms with Gasteiger partial charge in [-0.25, -0.2) is 4.79 Å². The first-order chi connectivity index (χ1) is 10.5. The minimum Gasteiger partial charge on any atom is -0.494 e. The number of allylic oxidation sites excluding steroid dienone is 2. The zero-order valence-electron chi connectivity index (χ0n) is 11.5. The standard InChI is InChI=1S/C15H13N3O4/c1-2-9-18-14(21)12(13(20)17-15(18)22)11(19)4-3-10-5-7-16-8-6-10/h2-8,21H,1,9H2,(H,17,20,22). The number of aromatic amines is 1. The number of H-pyrrole nitrogens is 1. The molecule has 0 amide bonds. The number of carbonyl (C=O) groups excluding carboxylic acids is 1. The highest BCUT2D eigenvalue weighted by atomic mass is 16.3. The van der Waals surface area contributed by atoms with Gasteiger partial charge in [-0.15, -0.1) is 6.58 Å². The van der Waals surface area contributed by atoms with Crippen LogP contribution >= 0.6 is 0 Å². The highest BCUT2D eigenvalue weighted by Crippen LogP contribution is 2.12. The van der Waals surface area contributed by atoms with E-state index < -0.39 is 28.5 Å². The minimum atomic E-state index is -0.938. The summed E-state index contributed by atoms with van der Waals surface area (Å²) in [7, 11) is 0. The molecule has 112 valence electrons. The summed E-state index contributed by atoms with van der Waals surface area (Å²) in [5.41, 5.74) is -1.53. The normalized spacial score (nSPS) is 10.7. The van der Waals surface area contributed by atoms with Crippen molar-refractivity contribution in [2.75, 3.05) is 0 Å². The molecule has 0 saturated carbocycles. The molecule has 2 N–H and O–H groups in total. The van der Waals surface area contributed by atoms with Gasteiger partial charge in [-0.05, 0) is 23.8 Å². The summed E-state index contributed by atoms with van der Waals surface area (Å²) in [5, 5.41) is 9.98. The second-order valence-corrected chi connectivity index (χ2v) is 4.34. The number of carbonyl (C=O) groups is 1. The van der Waals surface area contributed by atoms with Crippen molar-refractivity contribution in [2.45, 2.75) is 6.54 Å². The van der Waals surface area contributed by atoms with E-state index in [0.29, 0.717) is 5.56 Å². The molecule has 7 heteroatoms. The number of hydrogen-bond acceptors (Lipinski definition) is 5. The molecule has 0 saturated heterocycles. The molecule has 0 unspecified atom stereocenters. The van der Waals surface area contributed by atoms with Crippen LogP contribution in [0.1, 0.15) is 15.9 Å².